The van der Waals surface area contributed by atoms with Crippen LogP contribution in [0.5, 0.6) is 0 Å². The summed E-state index contributed by atoms with van der Waals surface area (Å²) in [7, 11) is 6.03. The number of hydrogen-bond donors (Lipinski definition) is 2. The number of benzene rings is 1. The van der Waals surface area contributed by atoms with Gasteiger partial charge in [-0.15, -0.1) is 0 Å². The van der Waals surface area contributed by atoms with Gasteiger partial charge in [0.25, 0.3) is 0 Å². The normalized spacial score (nSPS) is 23.4. The molecule has 4 rings (SSSR count). The quantitative estimate of drug-likeness (QED) is 0.185. The highest BCUT2D eigenvalue weighted by molar-refractivity contribution is 5.92. The molecule has 2 aliphatic heterocycles. The van der Waals surface area contributed by atoms with Gasteiger partial charge in [0.05, 0.1) is 43.7 Å². The molecule has 5 amide bonds. The molecule has 2 N–H and O–H groups in total. The van der Waals surface area contributed by atoms with Crippen LogP contribution in [-0.4, -0.2) is 139 Å². The molecule has 0 aromatic heterocycles. The van der Waals surface area contributed by atoms with Crippen molar-refractivity contribution in [2.24, 2.45) is 23.7 Å². The van der Waals surface area contributed by atoms with Crippen molar-refractivity contribution in [2.45, 2.75) is 161 Å². The maximum absolute atomic E-state index is 14.6. The van der Waals surface area contributed by atoms with Gasteiger partial charge < -0.3 is 39.4 Å². The van der Waals surface area contributed by atoms with Crippen molar-refractivity contribution in [2.75, 3.05) is 34.9 Å². The van der Waals surface area contributed by atoms with E-state index < -0.39 is 71.9 Å². The van der Waals surface area contributed by atoms with Gasteiger partial charge in [0.1, 0.15) is 23.7 Å². The maximum atomic E-state index is 14.6. The zero-order valence-electron chi connectivity index (χ0n) is 38.6. The molecule has 15 nitrogen and oxygen atoms in total. The summed E-state index contributed by atoms with van der Waals surface area (Å²) in [5.74, 6) is -2.95. The van der Waals surface area contributed by atoms with E-state index in [1.807, 2.05) is 58.0 Å². The fourth-order valence-corrected chi connectivity index (χ4v) is 9.67. The lowest BCUT2D eigenvalue weighted by molar-refractivity contribution is -0.149. The summed E-state index contributed by atoms with van der Waals surface area (Å²) in [6.45, 7) is 15.4. The smallest absolute Gasteiger partial charge is 0.411 e. The van der Waals surface area contributed by atoms with Crippen LogP contribution in [0, 0.1) is 23.7 Å². The highest BCUT2D eigenvalue weighted by Gasteiger charge is 2.53. The first-order valence-corrected chi connectivity index (χ1v) is 22.1. The highest BCUT2D eigenvalue weighted by atomic mass is 16.6. The molecular formula is C46H73N5O10. The first-order chi connectivity index (χ1) is 28.8. The van der Waals surface area contributed by atoms with E-state index in [4.69, 9.17) is 18.9 Å². The topological polar surface area (TPSA) is 173 Å². The van der Waals surface area contributed by atoms with Gasteiger partial charge in [-0.2, -0.15) is 0 Å². The number of hydrogen-bond acceptors (Lipinski definition) is 10. The number of likely N-dealkylation sites (tertiary alicyclic amines) is 2. The Morgan fingerprint density at radius 1 is 0.918 bits per heavy atom. The zero-order valence-corrected chi connectivity index (χ0v) is 38.6. The van der Waals surface area contributed by atoms with E-state index in [0.717, 1.165) is 24.8 Å². The van der Waals surface area contributed by atoms with Crippen molar-refractivity contribution in [1.29, 1.82) is 0 Å². The number of nitrogens with zero attached hydrogens (tertiary/aromatic N) is 3. The number of fused-ring (bicyclic) bond motifs is 2. The molecule has 3 aliphatic rings. The van der Waals surface area contributed by atoms with Crippen LogP contribution in [-0.2, 0) is 49.3 Å². The second-order valence-corrected chi connectivity index (χ2v) is 18.7. The summed E-state index contributed by atoms with van der Waals surface area (Å²) in [6, 6.07) is 5.77. The Morgan fingerprint density at radius 3 is 2.16 bits per heavy atom. The average Bonchev–Trinajstić information content (AvgIpc) is 3.99. The van der Waals surface area contributed by atoms with E-state index in [0.29, 0.717) is 25.8 Å². The lowest BCUT2D eigenvalue weighted by atomic mass is 9.89. The molecule has 3 fully saturated rings. The fraction of sp³-hybridized carbons (Fsp3) is 0.739. The van der Waals surface area contributed by atoms with E-state index >= 15 is 0 Å². The minimum Gasteiger partial charge on any atom is -0.467 e. The number of amides is 5. The Morgan fingerprint density at radius 2 is 1.59 bits per heavy atom. The van der Waals surface area contributed by atoms with Crippen molar-refractivity contribution < 1.29 is 47.7 Å². The van der Waals surface area contributed by atoms with Gasteiger partial charge in [0.2, 0.25) is 23.6 Å². The number of methoxy groups -OCH3 is 3. The largest absolute Gasteiger partial charge is 0.467 e. The molecule has 1 aromatic rings. The first-order valence-electron chi connectivity index (χ1n) is 22.1. The van der Waals surface area contributed by atoms with Gasteiger partial charge in [-0.3, -0.25) is 24.1 Å². The number of ether oxygens (including phenoxy) is 4. The van der Waals surface area contributed by atoms with E-state index in [2.05, 4.69) is 10.6 Å². The van der Waals surface area contributed by atoms with Crippen LogP contribution < -0.4 is 10.6 Å². The number of likely N-dealkylation sites (N-methyl/N-ethyl adjacent to an activating group) is 1. The minimum absolute atomic E-state index is 0.0178. The summed E-state index contributed by atoms with van der Waals surface area (Å²) in [6.07, 6.45) is 2.68. The van der Waals surface area contributed by atoms with Crippen molar-refractivity contribution in [3.8, 4) is 0 Å². The number of rotatable bonds is 19. The third-order valence-corrected chi connectivity index (χ3v) is 13.0. The molecule has 2 bridgehead atoms. The number of nitrogens with one attached hydrogen (secondary N) is 2. The van der Waals surface area contributed by atoms with Crippen LogP contribution in [0.1, 0.15) is 106 Å². The molecule has 1 aromatic carbocycles. The summed E-state index contributed by atoms with van der Waals surface area (Å²) in [4.78, 5) is 87.8. The Balaban J connectivity index is 1.48. The van der Waals surface area contributed by atoms with E-state index in [-0.39, 0.29) is 54.4 Å². The van der Waals surface area contributed by atoms with Crippen LogP contribution in [0.3, 0.4) is 0 Å². The van der Waals surface area contributed by atoms with Crippen molar-refractivity contribution in [1.82, 2.24) is 25.3 Å². The highest BCUT2D eigenvalue weighted by Crippen LogP contribution is 2.43. The minimum atomic E-state index is -0.908. The molecule has 1 saturated carbocycles. The van der Waals surface area contributed by atoms with E-state index in [1.54, 1.807) is 49.4 Å². The number of carbonyl (C=O) groups excluding carboxylic acids is 6. The monoisotopic (exact) mass is 856 g/mol. The van der Waals surface area contributed by atoms with Gasteiger partial charge >= 0.3 is 12.1 Å². The van der Waals surface area contributed by atoms with Crippen LogP contribution in [0.4, 0.5) is 4.79 Å². The molecule has 1 aliphatic carbocycles. The average molecular weight is 856 g/mol. The third kappa shape index (κ3) is 12.0. The number of carbonyl (C=O) groups is 6. The van der Waals surface area contributed by atoms with E-state index in [9.17, 15) is 28.8 Å². The predicted octanol–water partition coefficient (Wildman–Crippen LogP) is 4.74. The summed E-state index contributed by atoms with van der Waals surface area (Å²) in [5.41, 5.74) is 0.142. The zero-order chi connectivity index (χ0) is 45.3. The van der Waals surface area contributed by atoms with Crippen molar-refractivity contribution >= 4 is 35.7 Å². The first kappa shape index (κ1) is 49.4. The van der Waals surface area contributed by atoms with Gasteiger partial charge in [-0.05, 0) is 76.2 Å². The third-order valence-electron chi connectivity index (χ3n) is 13.0. The van der Waals surface area contributed by atoms with Crippen LogP contribution in [0.25, 0.3) is 0 Å². The summed E-state index contributed by atoms with van der Waals surface area (Å²) >= 11 is 0. The molecule has 2 heterocycles. The summed E-state index contributed by atoms with van der Waals surface area (Å²) in [5, 5.41) is 5.89. The van der Waals surface area contributed by atoms with Gasteiger partial charge in [0, 0.05) is 40.3 Å². The van der Waals surface area contributed by atoms with Crippen LogP contribution in [0.15, 0.2) is 30.3 Å². The molecule has 342 valence electrons. The Bertz CT molecular complexity index is 1670. The Labute approximate surface area is 363 Å². The second-order valence-electron chi connectivity index (χ2n) is 18.7. The lowest BCUT2D eigenvalue weighted by Crippen LogP contribution is -2.61. The molecule has 2 saturated heterocycles. The maximum Gasteiger partial charge on any atom is 0.411 e. The SMILES string of the molecule is CC[C@H](C)[C@@H]([C@@H](CC(=O)N1CCC[C@H]1[C@H](OC)[C@@H](C)C(=O)N[C@@H](Cc1ccccc1)C(=O)OC)OC)N(C)C(=O)[C@@H](NC(=O)C1C2CCC(C2)N1C(=O)OC(C)(C)C)C(C)C. The van der Waals surface area contributed by atoms with Crippen LogP contribution in [0.2, 0.25) is 0 Å². The fourth-order valence-electron chi connectivity index (χ4n) is 9.67. The number of piperidine rings is 1. The van der Waals surface area contributed by atoms with Gasteiger partial charge in [0.15, 0.2) is 0 Å². The standard InChI is InChI=1S/C46H73N5O10/c1-13-28(4)38(49(9)43(55)37(27(2)3)48-42(54)39-31-21-22-32(25-31)51(39)45(57)61-46(6,7)8)35(58-10)26-36(52)50-23-17-20-34(50)40(59-11)29(5)41(53)47-33(44(56)60-12)24-30-18-15-14-16-19-30/h14-16,18-19,27-29,31-35,37-40H,13,17,20-26H2,1-12H3,(H,47,53)(H,48,54)/t28-,29+,31?,32?,33-,34-,35+,37-,38-,39?,40+/m0/s1. The van der Waals surface area contributed by atoms with Crippen molar-refractivity contribution in [3.63, 3.8) is 0 Å². The molecule has 15 heteroatoms. The van der Waals surface area contributed by atoms with Crippen LogP contribution >= 0.6 is 0 Å². The Hall–Kier alpha value is -4.24. The second kappa shape index (κ2) is 21.7. The predicted molar refractivity (Wildman–Crippen MR) is 230 cm³/mol. The van der Waals surface area contributed by atoms with Gasteiger partial charge in [-0.25, -0.2) is 9.59 Å². The molecule has 0 radical (unpaired) electrons. The van der Waals surface area contributed by atoms with Crippen molar-refractivity contribution in [3.05, 3.63) is 35.9 Å². The molecule has 61 heavy (non-hydrogen) atoms. The molecule has 11 atom stereocenters. The molecule has 0 spiro atoms. The summed E-state index contributed by atoms with van der Waals surface area (Å²) < 4.78 is 22.7. The van der Waals surface area contributed by atoms with Gasteiger partial charge in [-0.1, -0.05) is 71.4 Å². The lowest BCUT2D eigenvalue weighted by Gasteiger charge is -2.41. The molecular weight excluding hydrogens is 783 g/mol. The number of esters is 1. The molecule has 3 unspecified atom stereocenters. The Kier molecular flexibility index (Phi) is 17.6. The van der Waals surface area contributed by atoms with E-state index in [1.165, 1.54) is 21.3 Å².